The highest BCUT2D eigenvalue weighted by Gasteiger charge is 2.38. The Hall–Kier alpha value is -3.35. The molecule has 0 radical (unpaired) electrons. The van der Waals surface area contributed by atoms with E-state index in [4.69, 9.17) is 4.42 Å². The van der Waals surface area contributed by atoms with Crippen LogP contribution < -0.4 is 10.6 Å². The van der Waals surface area contributed by atoms with Crippen LogP contribution in [-0.4, -0.2) is 27.1 Å². The molecule has 3 heterocycles. The molecule has 150 valence electrons. The van der Waals surface area contributed by atoms with Gasteiger partial charge < -0.3 is 15.1 Å². The van der Waals surface area contributed by atoms with Crippen LogP contribution in [0.4, 0.5) is 0 Å². The molecule has 4 rings (SSSR count). The zero-order valence-corrected chi connectivity index (χ0v) is 16.1. The number of rotatable bonds is 8. The molecule has 1 atom stereocenters. The van der Waals surface area contributed by atoms with Gasteiger partial charge in [-0.1, -0.05) is 12.1 Å². The first-order chi connectivity index (χ1) is 14.1. The highest BCUT2D eigenvalue weighted by molar-refractivity contribution is 5.80. The predicted molar refractivity (Wildman–Crippen MR) is 107 cm³/mol. The van der Waals surface area contributed by atoms with Gasteiger partial charge in [-0.2, -0.15) is 5.10 Å². The quantitative estimate of drug-likeness (QED) is 0.617. The number of benzene rings is 1. The van der Waals surface area contributed by atoms with Crippen LogP contribution in [0.2, 0.25) is 0 Å². The minimum absolute atomic E-state index is 0.0329. The molecule has 1 saturated heterocycles. The van der Waals surface area contributed by atoms with Crippen LogP contribution in [0, 0.1) is 0 Å². The lowest BCUT2D eigenvalue weighted by Gasteiger charge is -2.28. The second kappa shape index (κ2) is 8.34. The third-order valence-electron chi connectivity index (χ3n) is 5.33. The van der Waals surface area contributed by atoms with Gasteiger partial charge in [-0.25, -0.2) is 4.68 Å². The van der Waals surface area contributed by atoms with Crippen molar-refractivity contribution >= 4 is 11.8 Å². The summed E-state index contributed by atoms with van der Waals surface area (Å²) in [6.07, 6.45) is 7.97. The van der Waals surface area contributed by atoms with Crippen LogP contribution in [0.15, 0.2) is 65.5 Å². The van der Waals surface area contributed by atoms with Gasteiger partial charge in [0.2, 0.25) is 11.8 Å². The van der Waals surface area contributed by atoms with E-state index < -0.39 is 5.54 Å². The van der Waals surface area contributed by atoms with Gasteiger partial charge in [0, 0.05) is 43.7 Å². The number of carbonyl (C=O) groups is 2. The van der Waals surface area contributed by atoms with Gasteiger partial charge in [-0.3, -0.25) is 9.59 Å². The van der Waals surface area contributed by atoms with Crippen molar-refractivity contribution in [3.05, 3.63) is 72.4 Å². The third-order valence-corrected chi connectivity index (χ3v) is 5.33. The van der Waals surface area contributed by atoms with Gasteiger partial charge in [0.1, 0.15) is 5.76 Å². The Balaban J connectivity index is 1.32. The van der Waals surface area contributed by atoms with E-state index in [0.29, 0.717) is 38.6 Å². The highest BCUT2D eigenvalue weighted by atomic mass is 16.3. The summed E-state index contributed by atoms with van der Waals surface area (Å²) in [5, 5.41) is 10.3. The molecule has 1 aliphatic heterocycles. The van der Waals surface area contributed by atoms with Crippen LogP contribution in [0.25, 0.3) is 5.69 Å². The maximum atomic E-state index is 12.4. The molecule has 2 amide bonds. The number of nitrogens with one attached hydrogen (secondary N) is 2. The van der Waals surface area contributed by atoms with Crippen molar-refractivity contribution in [3.63, 3.8) is 0 Å². The first-order valence-corrected chi connectivity index (χ1v) is 9.81. The lowest BCUT2D eigenvalue weighted by molar-refractivity contribution is -0.122. The molecule has 7 nitrogen and oxygen atoms in total. The van der Waals surface area contributed by atoms with Crippen LogP contribution in [0.5, 0.6) is 0 Å². The average Bonchev–Trinajstić information content (AvgIpc) is 3.49. The van der Waals surface area contributed by atoms with Crippen molar-refractivity contribution in [2.45, 2.75) is 44.2 Å². The summed E-state index contributed by atoms with van der Waals surface area (Å²) in [5.74, 6) is 0.824. The second-order valence-corrected chi connectivity index (χ2v) is 7.48. The molecule has 3 aromatic rings. The van der Waals surface area contributed by atoms with Crippen molar-refractivity contribution < 1.29 is 14.0 Å². The number of aromatic nitrogens is 2. The third kappa shape index (κ3) is 4.74. The number of carbonyl (C=O) groups excluding carboxylic acids is 2. The summed E-state index contributed by atoms with van der Waals surface area (Å²) < 4.78 is 7.23. The summed E-state index contributed by atoms with van der Waals surface area (Å²) in [6, 6.07) is 13.5. The molecular formula is C22H24N4O3. The molecule has 1 fully saturated rings. The van der Waals surface area contributed by atoms with Gasteiger partial charge in [-0.15, -0.1) is 0 Å². The lowest BCUT2D eigenvalue weighted by atomic mass is 9.87. The fourth-order valence-electron chi connectivity index (χ4n) is 3.80. The van der Waals surface area contributed by atoms with Gasteiger partial charge in [0.25, 0.3) is 0 Å². The summed E-state index contributed by atoms with van der Waals surface area (Å²) in [6.45, 7) is 0.450. The zero-order chi connectivity index (χ0) is 20.1. The van der Waals surface area contributed by atoms with E-state index in [1.54, 1.807) is 17.1 Å². The van der Waals surface area contributed by atoms with E-state index >= 15 is 0 Å². The van der Waals surface area contributed by atoms with E-state index in [1.807, 2.05) is 48.7 Å². The number of furan rings is 1. The van der Waals surface area contributed by atoms with E-state index in [2.05, 4.69) is 15.7 Å². The van der Waals surface area contributed by atoms with Gasteiger partial charge in [0.05, 0.1) is 12.0 Å². The molecule has 29 heavy (non-hydrogen) atoms. The number of hydrogen-bond acceptors (Lipinski definition) is 4. The van der Waals surface area contributed by atoms with Crippen molar-refractivity contribution in [3.8, 4) is 5.69 Å². The van der Waals surface area contributed by atoms with Gasteiger partial charge in [-0.05, 0) is 48.7 Å². The molecule has 0 bridgehead atoms. The largest absolute Gasteiger partial charge is 0.469 e. The summed E-state index contributed by atoms with van der Waals surface area (Å²) in [4.78, 5) is 24.3. The maximum absolute atomic E-state index is 12.4. The Morgan fingerprint density at radius 3 is 2.93 bits per heavy atom. The normalized spacial score (nSPS) is 18.6. The van der Waals surface area contributed by atoms with Crippen molar-refractivity contribution in [2.75, 3.05) is 0 Å². The monoisotopic (exact) mass is 392 g/mol. The van der Waals surface area contributed by atoms with Gasteiger partial charge >= 0.3 is 0 Å². The van der Waals surface area contributed by atoms with E-state index in [-0.39, 0.29) is 11.8 Å². The van der Waals surface area contributed by atoms with Crippen LogP contribution in [0.3, 0.4) is 0 Å². The maximum Gasteiger partial charge on any atom is 0.220 e. The first-order valence-electron chi connectivity index (χ1n) is 9.81. The summed E-state index contributed by atoms with van der Waals surface area (Å²) in [7, 11) is 0. The fraction of sp³-hybridized carbons (Fsp3) is 0.318. The Kier molecular flexibility index (Phi) is 5.46. The minimum atomic E-state index is -0.410. The molecule has 1 aromatic carbocycles. The van der Waals surface area contributed by atoms with Gasteiger partial charge in [0.15, 0.2) is 0 Å². The fourth-order valence-corrected chi connectivity index (χ4v) is 3.80. The summed E-state index contributed by atoms with van der Waals surface area (Å²) in [5.41, 5.74) is 1.55. The number of nitrogens with zero attached hydrogens (tertiary/aromatic N) is 2. The predicted octanol–water partition coefficient (Wildman–Crippen LogP) is 2.75. The molecule has 0 saturated carbocycles. The standard InChI is InChI=1S/C22H24N4O3/c27-20(23-16-17-4-1-5-18(14-17)26-12-3-11-24-26)7-9-22(10-8-21(28)25-22)15-19-6-2-13-29-19/h1-6,11-14H,7-10,15-16H2,(H,23,27)(H,25,28)/t22-/m0/s1. The number of amides is 2. The van der Waals surface area contributed by atoms with Crippen molar-refractivity contribution in [1.29, 1.82) is 0 Å². The lowest BCUT2D eigenvalue weighted by Crippen LogP contribution is -2.44. The second-order valence-electron chi connectivity index (χ2n) is 7.48. The molecule has 1 aliphatic rings. The SMILES string of the molecule is O=C(CC[C@@]1(Cc2ccco2)CCC(=O)N1)NCc1cccc(-n2cccn2)c1. The molecule has 0 spiro atoms. The van der Waals surface area contributed by atoms with Crippen LogP contribution >= 0.6 is 0 Å². The topological polar surface area (TPSA) is 89.2 Å². The highest BCUT2D eigenvalue weighted by Crippen LogP contribution is 2.29. The Morgan fingerprint density at radius 1 is 1.28 bits per heavy atom. The number of hydrogen-bond donors (Lipinski definition) is 2. The van der Waals surface area contributed by atoms with Crippen LogP contribution in [0.1, 0.15) is 37.0 Å². The molecule has 2 N–H and O–H groups in total. The molecule has 2 aromatic heterocycles. The zero-order valence-electron chi connectivity index (χ0n) is 16.1. The smallest absolute Gasteiger partial charge is 0.220 e. The molecule has 0 unspecified atom stereocenters. The minimum Gasteiger partial charge on any atom is -0.469 e. The van der Waals surface area contributed by atoms with E-state index in [0.717, 1.165) is 17.0 Å². The Bertz CT molecular complexity index is 966. The molecule has 0 aliphatic carbocycles. The molecule has 7 heteroatoms. The molecular weight excluding hydrogens is 368 g/mol. The first kappa shape index (κ1) is 19.0. The summed E-state index contributed by atoms with van der Waals surface area (Å²) >= 11 is 0. The van der Waals surface area contributed by atoms with Crippen molar-refractivity contribution in [1.82, 2.24) is 20.4 Å². The van der Waals surface area contributed by atoms with E-state index in [9.17, 15) is 9.59 Å². The van der Waals surface area contributed by atoms with Crippen molar-refractivity contribution in [2.24, 2.45) is 0 Å². The Morgan fingerprint density at radius 2 is 2.21 bits per heavy atom. The van der Waals surface area contributed by atoms with Crippen LogP contribution in [-0.2, 0) is 22.6 Å². The Labute approximate surface area is 169 Å². The average molecular weight is 392 g/mol. The van der Waals surface area contributed by atoms with E-state index in [1.165, 1.54) is 0 Å².